The lowest BCUT2D eigenvalue weighted by molar-refractivity contribution is -0.137. The minimum Gasteiger partial charge on any atom is -0.360 e. The Labute approximate surface area is 135 Å². The van der Waals surface area contributed by atoms with Crippen LogP contribution in [0.2, 0.25) is 0 Å². The summed E-state index contributed by atoms with van der Waals surface area (Å²) in [6.07, 6.45) is -4.54. The number of aromatic nitrogens is 1. The maximum atomic E-state index is 12.7. The molecule has 0 aliphatic rings. The van der Waals surface area contributed by atoms with Gasteiger partial charge in [-0.15, -0.1) is 0 Å². The molecular weight excluding hydrogens is 327 g/mol. The smallest absolute Gasteiger partial charge is 0.360 e. The van der Waals surface area contributed by atoms with Crippen molar-refractivity contribution in [1.82, 2.24) is 10.1 Å². The molecule has 0 radical (unpaired) electrons. The molecule has 24 heavy (non-hydrogen) atoms. The molecule has 1 aromatic heterocycles. The second kappa shape index (κ2) is 6.73. The van der Waals surface area contributed by atoms with E-state index in [1.165, 1.54) is 19.2 Å². The molecule has 128 valence electrons. The van der Waals surface area contributed by atoms with Crippen molar-refractivity contribution in [3.05, 3.63) is 47.2 Å². The van der Waals surface area contributed by atoms with Crippen molar-refractivity contribution in [2.45, 2.75) is 13.1 Å². The number of carbonyl (C=O) groups excluding carboxylic acids is 2. The van der Waals surface area contributed by atoms with Gasteiger partial charge < -0.3 is 14.7 Å². The quantitative estimate of drug-likeness (QED) is 0.928. The predicted octanol–water partition coefficient (Wildman–Crippen LogP) is 2.71. The Hall–Kier alpha value is -2.84. The van der Waals surface area contributed by atoms with E-state index < -0.39 is 23.6 Å². The number of likely N-dealkylation sites (N-methyl/N-ethyl adjacent to an activating group) is 1. The first-order valence-corrected chi connectivity index (χ1v) is 6.82. The van der Waals surface area contributed by atoms with E-state index in [0.717, 1.165) is 23.1 Å². The summed E-state index contributed by atoms with van der Waals surface area (Å²) in [5.41, 5.74) is -1.08. The van der Waals surface area contributed by atoms with Gasteiger partial charge in [-0.1, -0.05) is 11.2 Å². The highest BCUT2D eigenvalue weighted by atomic mass is 19.4. The average molecular weight is 341 g/mol. The number of benzene rings is 1. The fourth-order valence-electron chi connectivity index (χ4n) is 1.94. The molecule has 0 spiro atoms. The molecule has 0 bridgehead atoms. The SMILES string of the molecule is Cc1cc(NC(=O)CN(C)C(=O)c2cccc(C(F)(F)F)c2)no1. The summed E-state index contributed by atoms with van der Waals surface area (Å²) in [5, 5.41) is 5.99. The Bertz CT molecular complexity index is 756. The molecule has 0 aliphatic carbocycles. The molecule has 0 unspecified atom stereocenters. The van der Waals surface area contributed by atoms with E-state index in [9.17, 15) is 22.8 Å². The van der Waals surface area contributed by atoms with Crippen LogP contribution in [0.3, 0.4) is 0 Å². The summed E-state index contributed by atoms with van der Waals surface area (Å²) in [5.74, 6) is -0.560. The van der Waals surface area contributed by atoms with Gasteiger partial charge in [-0.2, -0.15) is 13.2 Å². The van der Waals surface area contributed by atoms with Crippen molar-refractivity contribution in [2.75, 3.05) is 18.9 Å². The minimum atomic E-state index is -4.54. The van der Waals surface area contributed by atoms with Crippen LogP contribution in [-0.4, -0.2) is 35.5 Å². The largest absolute Gasteiger partial charge is 0.416 e. The highest BCUT2D eigenvalue weighted by Gasteiger charge is 2.31. The van der Waals surface area contributed by atoms with Crippen LogP contribution in [0.4, 0.5) is 19.0 Å². The van der Waals surface area contributed by atoms with Crippen molar-refractivity contribution in [1.29, 1.82) is 0 Å². The molecule has 2 amide bonds. The standard InChI is InChI=1S/C15H14F3N3O3/c1-9-6-12(20-24-9)19-13(22)8-21(2)14(23)10-4-3-5-11(7-10)15(16,17)18/h3-7H,8H2,1-2H3,(H,19,20,22). The lowest BCUT2D eigenvalue weighted by Crippen LogP contribution is -2.35. The number of hydrogen-bond acceptors (Lipinski definition) is 4. The number of aryl methyl sites for hydroxylation is 1. The highest BCUT2D eigenvalue weighted by molar-refractivity contribution is 5.99. The lowest BCUT2D eigenvalue weighted by atomic mass is 10.1. The molecule has 0 aliphatic heterocycles. The third-order valence-corrected chi connectivity index (χ3v) is 3.06. The Morgan fingerprint density at radius 1 is 1.29 bits per heavy atom. The van der Waals surface area contributed by atoms with E-state index in [1.807, 2.05) is 0 Å². The Morgan fingerprint density at radius 2 is 2.00 bits per heavy atom. The number of carbonyl (C=O) groups is 2. The number of nitrogens with one attached hydrogen (secondary N) is 1. The fourth-order valence-corrected chi connectivity index (χ4v) is 1.94. The van der Waals surface area contributed by atoms with Crippen molar-refractivity contribution in [2.24, 2.45) is 0 Å². The second-order valence-corrected chi connectivity index (χ2v) is 5.11. The highest BCUT2D eigenvalue weighted by Crippen LogP contribution is 2.29. The first kappa shape index (κ1) is 17.5. The van der Waals surface area contributed by atoms with Crippen molar-refractivity contribution in [3.63, 3.8) is 0 Å². The summed E-state index contributed by atoms with van der Waals surface area (Å²) in [6, 6.07) is 5.51. The number of halogens is 3. The van der Waals surface area contributed by atoms with Crippen LogP contribution >= 0.6 is 0 Å². The van der Waals surface area contributed by atoms with Crippen LogP contribution in [0, 0.1) is 6.92 Å². The maximum Gasteiger partial charge on any atom is 0.416 e. The van der Waals surface area contributed by atoms with Crippen molar-refractivity contribution in [3.8, 4) is 0 Å². The van der Waals surface area contributed by atoms with Gasteiger partial charge in [-0.05, 0) is 25.1 Å². The first-order chi connectivity index (χ1) is 11.2. The third kappa shape index (κ3) is 4.34. The Balaban J connectivity index is 2.02. The molecule has 6 nitrogen and oxygen atoms in total. The molecule has 0 fully saturated rings. The average Bonchev–Trinajstić information content (AvgIpc) is 2.90. The maximum absolute atomic E-state index is 12.7. The molecule has 1 aromatic carbocycles. The van der Waals surface area contributed by atoms with Gasteiger partial charge in [0.15, 0.2) is 5.82 Å². The monoisotopic (exact) mass is 341 g/mol. The number of anilines is 1. The van der Waals surface area contributed by atoms with E-state index in [2.05, 4.69) is 10.5 Å². The molecule has 1 heterocycles. The van der Waals surface area contributed by atoms with Gasteiger partial charge in [0.2, 0.25) is 5.91 Å². The van der Waals surface area contributed by atoms with Crippen LogP contribution in [0.1, 0.15) is 21.7 Å². The summed E-state index contributed by atoms with van der Waals surface area (Å²) >= 11 is 0. The zero-order valence-corrected chi connectivity index (χ0v) is 12.8. The second-order valence-electron chi connectivity index (χ2n) is 5.11. The van der Waals surface area contributed by atoms with Gasteiger partial charge in [-0.25, -0.2) is 0 Å². The van der Waals surface area contributed by atoms with Crippen LogP contribution in [-0.2, 0) is 11.0 Å². The van der Waals surface area contributed by atoms with Gasteiger partial charge in [0, 0.05) is 18.7 Å². The molecule has 2 rings (SSSR count). The molecule has 0 saturated carbocycles. The number of nitrogens with zero attached hydrogens (tertiary/aromatic N) is 2. The summed E-state index contributed by atoms with van der Waals surface area (Å²) in [7, 11) is 1.32. The fraction of sp³-hybridized carbons (Fsp3) is 0.267. The molecule has 0 saturated heterocycles. The molecule has 2 aromatic rings. The van der Waals surface area contributed by atoms with E-state index >= 15 is 0 Å². The van der Waals surface area contributed by atoms with Crippen LogP contribution in [0.15, 0.2) is 34.9 Å². The first-order valence-electron chi connectivity index (χ1n) is 6.82. The van der Waals surface area contributed by atoms with Crippen LogP contribution in [0.5, 0.6) is 0 Å². The Morgan fingerprint density at radius 3 is 2.58 bits per heavy atom. The normalized spacial score (nSPS) is 11.2. The number of rotatable bonds is 4. The van der Waals surface area contributed by atoms with Crippen molar-refractivity contribution >= 4 is 17.6 Å². The molecule has 1 N–H and O–H groups in total. The topological polar surface area (TPSA) is 75.4 Å². The van der Waals surface area contributed by atoms with Gasteiger partial charge in [-0.3, -0.25) is 9.59 Å². The van der Waals surface area contributed by atoms with Gasteiger partial charge >= 0.3 is 6.18 Å². The van der Waals surface area contributed by atoms with Gasteiger partial charge in [0.05, 0.1) is 12.1 Å². The van der Waals surface area contributed by atoms with E-state index in [4.69, 9.17) is 4.52 Å². The number of alkyl halides is 3. The zero-order valence-electron chi connectivity index (χ0n) is 12.8. The summed E-state index contributed by atoms with van der Waals surface area (Å²) in [4.78, 5) is 25.0. The Kier molecular flexibility index (Phi) is 4.91. The van der Waals surface area contributed by atoms with Crippen LogP contribution in [0.25, 0.3) is 0 Å². The van der Waals surface area contributed by atoms with Crippen molar-refractivity contribution < 1.29 is 27.3 Å². The summed E-state index contributed by atoms with van der Waals surface area (Å²) < 4.78 is 42.8. The van der Waals surface area contributed by atoms with E-state index in [0.29, 0.717) is 5.76 Å². The zero-order chi connectivity index (χ0) is 17.9. The molecule has 0 atom stereocenters. The molecular formula is C15H14F3N3O3. The summed E-state index contributed by atoms with van der Waals surface area (Å²) in [6.45, 7) is 1.30. The van der Waals surface area contributed by atoms with Gasteiger partial charge in [0.1, 0.15) is 5.76 Å². The lowest BCUT2D eigenvalue weighted by Gasteiger charge is -2.17. The van der Waals surface area contributed by atoms with Gasteiger partial charge in [0.25, 0.3) is 5.91 Å². The minimum absolute atomic E-state index is 0.155. The van der Waals surface area contributed by atoms with E-state index in [-0.39, 0.29) is 17.9 Å². The molecule has 9 heteroatoms. The third-order valence-electron chi connectivity index (χ3n) is 3.06. The van der Waals surface area contributed by atoms with E-state index in [1.54, 1.807) is 6.92 Å². The predicted molar refractivity (Wildman–Crippen MR) is 78.3 cm³/mol. The number of amides is 2. The number of hydrogen-bond donors (Lipinski definition) is 1. The van der Waals surface area contributed by atoms with Crippen LogP contribution < -0.4 is 5.32 Å².